The lowest BCUT2D eigenvalue weighted by atomic mass is 9.86. The lowest BCUT2D eigenvalue weighted by Gasteiger charge is -2.44. The van der Waals surface area contributed by atoms with Crippen molar-refractivity contribution >= 4 is 21.6 Å². The van der Waals surface area contributed by atoms with Crippen molar-refractivity contribution in [2.24, 2.45) is 5.92 Å². The first kappa shape index (κ1) is 14.9. The number of rotatable bonds is 4. The molecule has 1 aromatic carbocycles. The summed E-state index contributed by atoms with van der Waals surface area (Å²) in [5.74, 6) is 0.674. The number of hydrogen-bond donors (Lipinski definition) is 1. The molecule has 3 unspecified atom stereocenters. The fraction of sp³-hybridized carbons (Fsp3) is 0.625. The third-order valence-electron chi connectivity index (χ3n) is 4.39. The fourth-order valence-corrected chi connectivity index (χ4v) is 3.52. The Morgan fingerprint density at radius 1 is 1.32 bits per heavy atom. The summed E-state index contributed by atoms with van der Waals surface area (Å²) in [6.45, 7) is 9.23. The van der Waals surface area contributed by atoms with E-state index in [-0.39, 0.29) is 0 Å². The van der Waals surface area contributed by atoms with Crippen LogP contribution in [0.3, 0.4) is 0 Å². The van der Waals surface area contributed by atoms with E-state index in [1.807, 2.05) is 0 Å². The number of anilines is 1. The van der Waals surface area contributed by atoms with Gasteiger partial charge in [0.05, 0.1) is 5.69 Å². The van der Waals surface area contributed by atoms with Gasteiger partial charge in [0.2, 0.25) is 0 Å². The second-order valence-electron chi connectivity index (χ2n) is 5.59. The van der Waals surface area contributed by atoms with Crippen molar-refractivity contribution < 1.29 is 0 Å². The minimum absolute atomic E-state index is 0.571. The molecule has 3 atom stereocenters. The highest BCUT2D eigenvalue weighted by Gasteiger charge is 2.32. The molecular weight excluding hydrogens is 300 g/mol. The molecule has 0 aromatic heterocycles. The molecule has 0 spiro atoms. The summed E-state index contributed by atoms with van der Waals surface area (Å²) in [7, 11) is 0. The topological polar surface area (TPSA) is 15.3 Å². The largest absolute Gasteiger partial charge is 0.368 e. The average molecular weight is 325 g/mol. The van der Waals surface area contributed by atoms with E-state index in [9.17, 15) is 0 Å². The van der Waals surface area contributed by atoms with Crippen molar-refractivity contribution in [1.29, 1.82) is 0 Å². The van der Waals surface area contributed by atoms with Gasteiger partial charge in [0.1, 0.15) is 0 Å². The molecule has 19 heavy (non-hydrogen) atoms. The van der Waals surface area contributed by atoms with Crippen LogP contribution in [0, 0.1) is 5.92 Å². The minimum atomic E-state index is 0.571. The van der Waals surface area contributed by atoms with Gasteiger partial charge in [-0.2, -0.15) is 0 Å². The molecule has 0 bridgehead atoms. The zero-order chi connectivity index (χ0) is 13.8. The van der Waals surface area contributed by atoms with Crippen LogP contribution in [0.25, 0.3) is 0 Å². The van der Waals surface area contributed by atoms with E-state index in [0.29, 0.717) is 18.0 Å². The van der Waals surface area contributed by atoms with Crippen molar-refractivity contribution in [3.8, 4) is 0 Å². The third kappa shape index (κ3) is 3.32. The normalized spacial score (nSPS) is 27.6. The van der Waals surface area contributed by atoms with Gasteiger partial charge in [-0.1, -0.05) is 26.0 Å². The lowest BCUT2D eigenvalue weighted by Crippen LogP contribution is -2.53. The Labute approximate surface area is 125 Å². The Bertz CT molecular complexity index is 407. The smallest absolute Gasteiger partial charge is 0.0513 e. The molecule has 1 saturated heterocycles. The molecule has 106 valence electrons. The van der Waals surface area contributed by atoms with Crippen LogP contribution in [0.2, 0.25) is 0 Å². The molecule has 0 saturated carbocycles. The van der Waals surface area contributed by atoms with Crippen LogP contribution in [-0.4, -0.2) is 25.2 Å². The molecule has 1 aliphatic rings. The summed E-state index contributed by atoms with van der Waals surface area (Å²) >= 11 is 3.68. The summed E-state index contributed by atoms with van der Waals surface area (Å²) in [6, 6.07) is 9.78. The van der Waals surface area contributed by atoms with Gasteiger partial charge in [0, 0.05) is 23.1 Å². The Kier molecular flexibility index (Phi) is 5.28. The zero-order valence-corrected chi connectivity index (χ0v) is 13.8. The molecule has 0 aliphatic carbocycles. The number of para-hydroxylation sites is 1. The zero-order valence-electron chi connectivity index (χ0n) is 12.2. The predicted molar refractivity (Wildman–Crippen MR) is 86.8 cm³/mol. The summed E-state index contributed by atoms with van der Waals surface area (Å²) < 4.78 is 1.20. The quantitative estimate of drug-likeness (QED) is 0.898. The van der Waals surface area contributed by atoms with Crippen molar-refractivity contribution in [2.75, 3.05) is 18.0 Å². The first-order chi connectivity index (χ1) is 9.15. The van der Waals surface area contributed by atoms with E-state index in [2.05, 4.69) is 71.2 Å². The molecule has 0 radical (unpaired) electrons. The van der Waals surface area contributed by atoms with Gasteiger partial charge in [0.25, 0.3) is 0 Å². The standard InChI is InChI=1S/C16H25BrN2/c1-4-10-18-15-9-11-19(13(3)12(15)2)16-8-6-5-7-14(16)17/h5-8,12-13,15,18H,4,9-11H2,1-3H3. The molecule has 1 aliphatic heterocycles. The fourth-order valence-electron chi connectivity index (χ4n) is 3.01. The number of hydrogen-bond acceptors (Lipinski definition) is 2. The maximum atomic E-state index is 3.70. The molecule has 3 heteroatoms. The Morgan fingerprint density at radius 3 is 2.74 bits per heavy atom. The van der Waals surface area contributed by atoms with Crippen molar-refractivity contribution in [3.63, 3.8) is 0 Å². The van der Waals surface area contributed by atoms with E-state index < -0.39 is 0 Å². The number of nitrogens with zero attached hydrogens (tertiary/aromatic N) is 1. The molecular formula is C16H25BrN2. The maximum absolute atomic E-state index is 3.70. The van der Waals surface area contributed by atoms with Crippen molar-refractivity contribution in [2.45, 2.75) is 45.7 Å². The van der Waals surface area contributed by atoms with E-state index >= 15 is 0 Å². The van der Waals surface area contributed by atoms with Crippen LogP contribution in [0.15, 0.2) is 28.7 Å². The highest BCUT2D eigenvalue weighted by atomic mass is 79.9. The summed E-state index contributed by atoms with van der Waals surface area (Å²) in [5.41, 5.74) is 1.33. The summed E-state index contributed by atoms with van der Waals surface area (Å²) in [4.78, 5) is 2.54. The predicted octanol–water partition coefficient (Wildman–Crippen LogP) is 4.05. The molecule has 1 heterocycles. The molecule has 1 fully saturated rings. The highest BCUT2D eigenvalue weighted by molar-refractivity contribution is 9.10. The van der Waals surface area contributed by atoms with Gasteiger partial charge in [-0.15, -0.1) is 0 Å². The van der Waals surface area contributed by atoms with E-state index in [1.165, 1.54) is 23.0 Å². The number of piperidine rings is 1. The van der Waals surface area contributed by atoms with Gasteiger partial charge in [-0.3, -0.25) is 0 Å². The van der Waals surface area contributed by atoms with E-state index in [0.717, 1.165) is 13.1 Å². The second kappa shape index (κ2) is 6.76. The van der Waals surface area contributed by atoms with Crippen LogP contribution >= 0.6 is 15.9 Å². The molecule has 1 N–H and O–H groups in total. The van der Waals surface area contributed by atoms with Crippen LogP contribution in [0.1, 0.15) is 33.6 Å². The summed E-state index contributed by atoms with van der Waals surface area (Å²) in [5, 5.41) is 3.70. The first-order valence-corrected chi connectivity index (χ1v) is 8.19. The number of halogens is 1. The Morgan fingerprint density at radius 2 is 2.05 bits per heavy atom. The van der Waals surface area contributed by atoms with E-state index in [4.69, 9.17) is 0 Å². The summed E-state index contributed by atoms with van der Waals surface area (Å²) in [6.07, 6.45) is 2.44. The Balaban J connectivity index is 2.09. The highest BCUT2D eigenvalue weighted by Crippen LogP contribution is 2.33. The van der Waals surface area contributed by atoms with Crippen molar-refractivity contribution in [3.05, 3.63) is 28.7 Å². The van der Waals surface area contributed by atoms with Crippen LogP contribution in [0.4, 0.5) is 5.69 Å². The molecule has 1 aromatic rings. The van der Waals surface area contributed by atoms with Gasteiger partial charge < -0.3 is 10.2 Å². The molecule has 2 rings (SSSR count). The average Bonchev–Trinajstić information content (AvgIpc) is 2.42. The van der Waals surface area contributed by atoms with Gasteiger partial charge in [-0.25, -0.2) is 0 Å². The third-order valence-corrected chi connectivity index (χ3v) is 5.06. The Hall–Kier alpha value is -0.540. The van der Waals surface area contributed by atoms with Gasteiger partial charge >= 0.3 is 0 Å². The van der Waals surface area contributed by atoms with Crippen LogP contribution in [-0.2, 0) is 0 Å². The first-order valence-electron chi connectivity index (χ1n) is 7.39. The van der Waals surface area contributed by atoms with Gasteiger partial charge in [0.15, 0.2) is 0 Å². The number of nitrogens with one attached hydrogen (secondary N) is 1. The monoisotopic (exact) mass is 324 g/mol. The lowest BCUT2D eigenvalue weighted by molar-refractivity contribution is 0.271. The minimum Gasteiger partial charge on any atom is -0.368 e. The molecule has 0 amide bonds. The molecule has 2 nitrogen and oxygen atoms in total. The van der Waals surface area contributed by atoms with Crippen LogP contribution < -0.4 is 10.2 Å². The SMILES string of the molecule is CCCNC1CCN(c2ccccc2Br)C(C)C1C. The van der Waals surface area contributed by atoms with Crippen molar-refractivity contribution in [1.82, 2.24) is 5.32 Å². The van der Waals surface area contributed by atoms with E-state index in [1.54, 1.807) is 0 Å². The second-order valence-corrected chi connectivity index (χ2v) is 6.45. The van der Waals surface area contributed by atoms with Gasteiger partial charge in [-0.05, 0) is 60.3 Å². The van der Waals surface area contributed by atoms with Crippen LogP contribution in [0.5, 0.6) is 0 Å². The number of benzene rings is 1. The maximum Gasteiger partial charge on any atom is 0.0513 e.